The van der Waals surface area contributed by atoms with Crippen molar-refractivity contribution in [1.29, 1.82) is 0 Å². The average molecular weight is 476 g/mol. The number of fused-ring (bicyclic) bond motifs is 1. The van der Waals surface area contributed by atoms with Crippen molar-refractivity contribution in [2.24, 2.45) is 5.92 Å². The van der Waals surface area contributed by atoms with Crippen molar-refractivity contribution >= 4 is 10.9 Å². The minimum Gasteiger partial charge on any atom is -0.383 e. The van der Waals surface area contributed by atoms with Crippen molar-refractivity contribution in [3.8, 4) is 0 Å². The third-order valence-corrected chi connectivity index (χ3v) is 6.37. The summed E-state index contributed by atoms with van der Waals surface area (Å²) in [4.78, 5) is 22.8. The van der Waals surface area contributed by atoms with Gasteiger partial charge < -0.3 is 9.72 Å². The molecule has 3 heterocycles. The monoisotopic (exact) mass is 475 g/mol. The number of aromatic nitrogens is 6. The second-order valence-electron chi connectivity index (χ2n) is 9.36. The molecule has 4 rings (SSSR count). The molecule has 1 N–H and O–H groups in total. The number of methoxy groups -OCH3 is 1. The highest BCUT2D eigenvalue weighted by atomic mass is 16.5. The Labute approximate surface area is 205 Å². The fourth-order valence-electron chi connectivity index (χ4n) is 4.48. The summed E-state index contributed by atoms with van der Waals surface area (Å²) < 4.78 is 7.05. The zero-order valence-corrected chi connectivity index (χ0v) is 21.0. The van der Waals surface area contributed by atoms with Gasteiger partial charge in [-0.15, -0.1) is 5.10 Å². The highest BCUT2D eigenvalue weighted by Gasteiger charge is 2.30. The summed E-state index contributed by atoms with van der Waals surface area (Å²) in [5, 5.41) is 13.6. The summed E-state index contributed by atoms with van der Waals surface area (Å²) in [6.07, 6.45) is 3.62. The van der Waals surface area contributed by atoms with E-state index >= 15 is 0 Å². The Kier molecular flexibility index (Phi) is 7.67. The van der Waals surface area contributed by atoms with Gasteiger partial charge in [-0.3, -0.25) is 14.7 Å². The number of hydrogen-bond acceptors (Lipinski definition) is 7. The van der Waals surface area contributed by atoms with Gasteiger partial charge >= 0.3 is 0 Å². The van der Waals surface area contributed by atoms with E-state index in [9.17, 15) is 4.79 Å². The second kappa shape index (κ2) is 10.9. The van der Waals surface area contributed by atoms with Crippen LogP contribution in [0.5, 0.6) is 0 Å². The molecule has 0 amide bonds. The van der Waals surface area contributed by atoms with Crippen molar-refractivity contribution in [3.63, 3.8) is 0 Å². The molecule has 1 atom stereocenters. The number of aromatic amines is 1. The molecule has 0 radical (unpaired) electrons. The molecule has 0 bridgehead atoms. The Bertz CT molecular complexity index is 1330. The number of ether oxygens (including phenoxy) is 1. The van der Waals surface area contributed by atoms with Gasteiger partial charge in [0.1, 0.15) is 0 Å². The number of nitrogens with one attached hydrogen (secondary N) is 1. The first-order valence-electron chi connectivity index (χ1n) is 11.9. The number of tetrazole rings is 1. The van der Waals surface area contributed by atoms with Crippen LogP contribution < -0.4 is 5.56 Å². The van der Waals surface area contributed by atoms with Gasteiger partial charge in [-0.25, -0.2) is 4.68 Å². The van der Waals surface area contributed by atoms with Gasteiger partial charge in [0.25, 0.3) is 5.56 Å². The van der Waals surface area contributed by atoms with Crippen LogP contribution in [-0.4, -0.2) is 48.8 Å². The number of hydrogen-bond donors (Lipinski definition) is 1. The normalized spacial score (nSPS) is 12.7. The van der Waals surface area contributed by atoms with Crippen LogP contribution in [0.4, 0.5) is 0 Å². The Hall–Kier alpha value is -3.43. The van der Waals surface area contributed by atoms with Crippen molar-refractivity contribution < 1.29 is 4.74 Å². The number of pyridine rings is 2. The number of benzene rings is 1. The summed E-state index contributed by atoms with van der Waals surface area (Å²) in [5.41, 5.74) is 4.87. The van der Waals surface area contributed by atoms with Gasteiger partial charge in [0.05, 0.1) is 19.2 Å². The van der Waals surface area contributed by atoms with Gasteiger partial charge in [-0.1, -0.05) is 19.9 Å². The van der Waals surface area contributed by atoms with Gasteiger partial charge in [0.2, 0.25) is 0 Å². The maximum atomic E-state index is 13.1. The highest BCUT2D eigenvalue weighted by Crippen LogP contribution is 2.30. The van der Waals surface area contributed by atoms with E-state index in [1.807, 2.05) is 30.5 Å². The number of aryl methyl sites for hydroxylation is 2. The first-order valence-corrected chi connectivity index (χ1v) is 11.9. The van der Waals surface area contributed by atoms with Crippen LogP contribution in [0, 0.1) is 19.8 Å². The molecule has 35 heavy (non-hydrogen) atoms. The smallest absolute Gasteiger partial charge is 0.252 e. The van der Waals surface area contributed by atoms with E-state index in [1.54, 1.807) is 18.0 Å². The van der Waals surface area contributed by atoms with E-state index in [2.05, 4.69) is 64.2 Å². The van der Waals surface area contributed by atoms with E-state index < -0.39 is 0 Å². The molecule has 4 aromatic rings. The lowest BCUT2D eigenvalue weighted by atomic mass is 9.99. The third-order valence-electron chi connectivity index (χ3n) is 6.37. The summed E-state index contributed by atoms with van der Waals surface area (Å²) in [6, 6.07) is 10.0. The zero-order valence-electron chi connectivity index (χ0n) is 21.0. The summed E-state index contributed by atoms with van der Waals surface area (Å²) in [6.45, 7) is 10.5. The fraction of sp³-hybridized carbons (Fsp3) is 0.423. The van der Waals surface area contributed by atoms with Crippen molar-refractivity contribution in [3.05, 3.63) is 81.2 Å². The molecule has 9 nitrogen and oxygen atoms in total. The second-order valence-corrected chi connectivity index (χ2v) is 9.36. The van der Waals surface area contributed by atoms with Crippen LogP contribution in [0.25, 0.3) is 10.9 Å². The van der Waals surface area contributed by atoms with Crippen LogP contribution >= 0.6 is 0 Å². The molecule has 0 unspecified atom stereocenters. The lowest BCUT2D eigenvalue weighted by Crippen LogP contribution is -2.35. The first kappa shape index (κ1) is 24.7. The zero-order chi connectivity index (χ0) is 24.9. The fourth-order valence-corrected chi connectivity index (χ4v) is 4.48. The topological polar surface area (TPSA) is 102 Å². The minimum absolute atomic E-state index is 0.0848. The molecule has 0 fully saturated rings. The Morgan fingerprint density at radius 1 is 1.14 bits per heavy atom. The van der Waals surface area contributed by atoms with Gasteiger partial charge in [0.15, 0.2) is 5.82 Å². The van der Waals surface area contributed by atoms with Crippen molar-refractivity contribution in [1.82, 2.24) is 35.1 Å². The quantitative estimate of drug-likeness (QED) is 0.374. The van der Waals surface area contributed by atoms with E-state index in [0.29, 0.717) is 31.8 Å². The molecule has 0 saturated carbocycles. The summed E-state index contributed by atoms with van der Waals surface area (Å²) in [5.74, 6) is 0.938. The predicted molar refractivity (Wildman–Crippen MR) is 135 cm³/mol. The molecule has 0 aliphatic rings. The minimum atomic E-state index is -0.128. The molecule has 0 aliphatic carbocycles. The molecule has 9 heteroatoms. The lowest BCUT2D eigenvalue weighted by Gasteiger charge is -2.33. The summed E-state index contributed by atoms with van der Waals surface area (Å²) >= 11 is 0. The van der Waals surface area contributed by atoms with E-state index in [0.717, 1.165) is 27.9 Å². The van der Waals surface area contributed by atoms with Crippen LogP contribution in [-0.2, 0) is 24.4 Å². The maximum Gasteiger partial charge on any atom is 0.252 e. The maximum absolute atomic E-state index is 13.1. The van der Waals surface area contributed by atoms with Crippen LogP contribution in [0.3, 0.4) is 0 Å². The molecule has 1 aromatic carbocycles. The summed E-state index contributed by atoms with van der Waals surface area (Å²) in [7, 11) is 1.66. The molecule has 0 saturated heterocycles. The lowest BCUT2D eigenvalue weighted by molar-refractivity contribution is 0.121. The van der Waals surface area contributed by atoms with Crippen molar-refractivity contribution in [2.45, 2.75) is 53.4 Å². The Balaban J connectivity index is 1.76. The predicted octanol–water partition coefficient (Wildman–Crippen LogP) is 3.57. The van der Waals surface area contributed by atoms with Crippen LogP contribution in [0.15, 0.2) is 47.5 Å². The van der Waals surface area contributed by atoms with Crippen LogP contribution in [0.1, 0.15) is 48.0 Å². The van der Waals surface area contributed by atoms with Crippen LogP contribution in [0.2, 0.25) is 0 Å². The highest BCUT2D eigenvalue weighted by molar-refractivity contribution is 5.80. The molecule has 0 aliphatic heterocycles. The van der Waals surface area contributed by atoms with E-state index in [1.165, 1.54) is 5.56 Å². The standard InChI is InChI=1S/C26H33N7O2/c1-17(2)24(25-29-30-31-33(25)9-10-35-5)32(15-20-7-6-8-27-14-20)16-22-13-21-11-18(3)19(4)12-23(21)28-26(22)34/h6-8,11-14,17,24H,9-10,15-16H2,1-5H3,(H,28,34)/t24-/m0/s1. The largest absolute Gasteiger partial charge is 0.383 e. The first-order chi connectivity index (χ1) is 16.9. The molecule has 0 spiro atoms. The molecular weight excluding hydrogens is 442 g/mol. The Morgan fingerprint density at radius 3 is 2.66 bits per heavy atom. The Morgan fingerprint density at radius 2 is 1.94 bits per heavy atom. The number of H-pyrrole nitrogens is 1. The number of rotatable bonds is 10. The van der Waals surface area contributed by atoms with E-state index in [4.69, 9.17) is 4.74 Å². The third kappa shape index (κ3) is 5.63. The average Bonchev–Trinajstić information content (AvgIpc) is 3.28. The number of nitrogens with zero attached hydrogens (tertiary/aromatic N) is 6. The van der Waals surface area contributed by atoms with Crippen molar-refractivity contribution in [2.75, 3.05) is 13.7 Å². The molecule has 3 aromatic heterocycles. The van der Waals surface area contributed by atoms with E-state index in [-0.39, 0.29) is 17.5 Å². The van der Waals surface area contributed by atoms with Gasteiger partial charge in [-0.05, 0) is 76.5 Å². The molecular formula is C26H33N7O2. The van der Waals surface area contributed by atoms with Gasteiger partial charge in [-0.2, -0.15) is 0 Å². The van der Waals surface area contributed by atoms with Gasteiger partial charge in [0, 0.05) is 43.7 Å². The molecule has 184 valence electrons. The SMILES string of the molecule is COCCn1nnnc1[C@H](C(C)C)N(Cc1cccnc1)Cc1cc2cc(C)c(C)cc2[nH]c1=O.